The van der Waals surface area contributed by atoms with Crippen LogP contribution >= 0.6 is 11.6 Å². The third-order valence-electron chi connectivity index (χ3n) is 5.68. The van der Waals surface area contributed by atoms with Gasteiger partial charge in [-0.15, -0.1) is 0 Å². The Balaban J connectivity index is 2.17. The van der Waals surface area contributed by atoms with Crippen LogP contribution in [0.2, 0.25) is 5.02 Å². The van der Waals surface area contributed by atoms with Crippen molar-refractivity contribution in [1.29, 1.82) is 0 Å². The smallest absolute Gasteiger partial charge is 0.242 e. The normalized spacial score (nSPS) is 12.1. The zero-order valence-corrected chi connectivity index (χ0v) is 21.8. The number of carbonyl (C=O) groups is 2. The van der Waals surface area contributed by atoms with E-state index in [0.717, 1.165) is 23.8 Å². The molecule has 0 heterocycles. The van der Waals surface area contributed by atoms with Gasteiger partial charge in [0, 0.05) is 31.6 Å². The van der Waals surface area contributed by atoms with Gasteiger partial charge in [0.05, 0.1) is 11.9 Å². The Hall–Kier alpha value is -2.58. The van der Waals surface area contributed by atoms with E-state index in [1.807, 2.05) is 38.1 Å². The van der Waals surface area contributed by atoms with Crippen molar-refractivity contribution in [3.8, 4) is 0 Å². The number of carbonyl (C=O) groups excluding carboxylic acids is 2. The number of benzene rings is 2. The summed E-state index contributed by atoms with van der Waals surface area (Å²) < 4.78 is 26.1. The number of anilines is 1. The average molecular weight is 508 g/mol. The van der Waals surface area contributed by atoms with Crippen molar-refractivity contribution in [2.75, 3.05) is 24.2 Å². The summed E-state index contributed by atoms with van der Waals surface area (Å²) in [6.45, 7) is 4.32. The molecule has 0 radical (unpaired) electrons. The van der Waals surface area contributed by atoms with Gasteiger partial charge in [0.25, 0.3) is 0 Å². The van der Waals surface area contributed by atoms with E-state index in [1.165, 1.54) is 4.31 Å². The summed E-state index contributed by atoms with van der Waals surface area (Å²) in [5, 5.41) is 3.22. The van der Waals surface area contributed by atoms with Gasteiger partial charge in [-0.3, -0.25) is 13.9 Å². The Labute approximate surface area is 208 Å². The minimum Gasteiger partial charge on any atom is -0.357 e. The van der Waals surface area contributed by atoms with E-state index in [9.17, 15) is 18.0 Å². The lowest BCUT2D eigenvalue weighted by atomic mass is 10.1. The Morgan fingerprint density at radius 3 is 2.09 bits per heavy atom. The molecule has 2 aromatic carbocycles. The van der Waals surface area contributed by atoms with Crippen LogP contribution in [0.4, 0.5) is 5.69 Å². The molecule has 0 aliphatic heterocycles. The third-order valence-corrected chi connectivity index (χ3v) is 7.13. The van der Waals surface area contributed by atoms with E-state index in [1.54, 1.807) is 36.2 Å². The van der Waals surface area contributed by atoms with Crippen LogP contribution in [0.1, 0.15) is 44.2 Å². The van der Waals surface area contributed by atoms with Gasteiger partial charge in [-0.25, -0.2) is 8.42 Å². The second kappa shape index (κ2) is 12.8. The third kappa shape index (κ3) is 7.74. The summed E-state index contributed by atoms with van der Waals surface area (Å²) in [5.41, 5.74) is 2.54. The molecule has 1 unspecified atom stereocenters. The van der Waals surface area contributed by atoms with Crippen molar-refractivity contribution in [3.63, 3.8) is 0 Å². The van der Waals surface area contributed by atoms with Crippen LogP contribution in [0, 0.1) is 0 Å². The van der Waals surface area contributed by atoms with Crippen molar-refractivity contribution < 1.29 is 18.0 Å². The van der Waals surface area contributed by atoms with Crippen molar-refractivity contribution in [2.45, 2.75) is 52.1 Å². The van der Waals surface area contributed by atoms with Gasteiger partial charge in [0.2, 0.25) is 21.8 Å². The van der Waals surface area contributed by atoms with Crippen molar-refractivity contribution >= 4 is 39.1 Å². The van der Waals surface area contributed by atoms with Crippen LogP contribution in [0.3, 0.4) is 0 Å². The number of nitrogens with one attached hydrogen (secondary N) is 1. The fraction of sp³-hybridized carbons (Fsp3) is 0.440. The molecule has 0 saturated carbocycles. The van der Waals surface area contributed by atoms with E-state index < -0.39 is 16.1 Å². The Morgan fingerprint density at radius 1 is 1.00 bits per heavy atom. The molecule has 0 spiro atoms. The molecular formula is C25H34ClN3O4S. The second-order valence-electron chi connectivity index (χ2n) is 8.15. The van der Waals surface area contributed by atoms with Gasteiger partial charge in [-0.2, -0.15) is 0 Å². The number of halogens is 1. The van der Waals surface area contributed by atoms with E-state index in [0.29, 0.717) is 23.6 Å². The predicted octanol–water partition coefficient (Wildman–Crippen LogP) is 4.00. The molecule has 34 heavy (non-hydrogen) atoms. The maximum absolute atomic E-state index is 13.2. The van der Waals surface area contributed by atoms with Crippen LogP contribution < -0.4 is 9.62 Å². The molecule has 1 N–H and O–H groups in total. The van der Waals surface area contributed by atoms with Crippen LogP contribution in [0.5, 0.6) is 0 Å². The number of sulfonamides is 1. The predicted molar refractivity (Wildman–Crippen MR) is 137 cm³/mol. The molecular weight excluding hydrogens is 474 g/mol. The molecule has 2 amide bonds. The molecule has 9 heteroatoms. The Morgan fingerprint density at radius 2 is 1.59 bits per heavy atom. The number of aryl methyl sites for hydroxylation is 1. The van der Waals surface area contributed by atoms with Gasteiger partial charge in [0.15, 0.2) is 0 Å². The van der Waals surface area contributed by atoms with Crippen molar-refractivity contribution in [3.05, 3.63) is 64.7 Å². The highest BCUT2D eigenvalue weighted by Crippen LogP contribution is 2.21. The zero-order chi connectivity index (χ0) is 25.3. The summed E-state index contributed by atoms with van der Waals surface area (Å²) >= 11 is 5.98. The van der Waals surface area contributed by atoms with Crippen LogP contribution in [0.15, 0.2) is 48.5 Å². The molecule has 0 saturated heterocycles. The summed E-state index contributed by atoms with van der Waals surface area (Å²) in [6, 6.07) is 13.9. The molecule has 0 aliphatic rings. The van der Waals surface area contributed by atoms with Crippen LogP contribution in [0.25, 0.3) is 0 Å². The van der Waals surface area contributed by atoms with Gasteiger partial charge in [-0.1, -0.05) is 49.7 Å². The molecule has 0 aliphatic carbocycles. The topological polar surface area (TPSA) is 86.8 Å². The van der Waals surface area contributed by atoms with Gasteiger partial charge in [-0.05, 0) is 54.7 Å². The first-order valence-electron chi connectivity index (χ1n) is 11.4. The number of likely N-dealkylation sites (N-methyl/N-ethyl adjacent to an activating group) is 1. The van der Waals surface area contributed by atoms with Crippen molar-refractivity contribution in [1.82, 2.24) is 10.2 Å². The minimum absolute atomic E-state index is 0.111. The van der Waals surface area contributed by atoms with Crippen LogP contribution in [-0.2, 0) is 32.6 Å². The fourth-order valence-corrected chi connectivity index (χ4v) is 4.87. The quantitative estimate of drug-likeness (QED) is 0.470. The number of rotatable bonds is 12. The Bertz CT molecular complexity index is 1060. The maximum Gasteiger partial charge on any atom is 0.242 e. The highest BCUT2D eigenvalue weighted by molar-refractivity contribution is 7.92. The summed E-state index contributed by atoms with van der Waals surface area (Å²) in [4.78, 5) is 27.3. The SMILES string of the molecule is CCc1ccc(N(CCCC(=O)N(Cc2ccc(Cl)cc2)C(CC)C(=O)NC)S(C)(=O)=O)cc1. The summed E-state index contributed by atoms with van der Waals surface area (Å²) in [5.74, 6) is -0.446. The fourth-order valence-electron chi connectivity index (χ4n) is 3.77. The number of hydrogen-bond donors (Lipinski definition) is 1. The van der Waals surface area contributed by atoms with E-state index in [4.69, 9.17) is 11.6 Å². The lowest BCUT2D eigenvalue weighted by Crippen LogP contribution is -2.48. The first-order valence-corrected chi connectivity index (χ1v) is 13.7. The van der Waals surface area contributed by atoms with E-state index >= 15 is 0 Å². The zero-order valence-electron chi connectivity index (χ0n) is 20.3. The summed E-state index contributed by atoms with van der Waals surface area (Å²) in [6.07, 6.45) is 2.91. The monoisotopic (exact) mass is 507 g/mol. The van der Waals surface area contributed by atoms with Gasteiger partial charge in [0.1, 0.15) is 6.04 Å². The highest BCUT2D eigenvalue weighted by Gasteiger charge is 2.28. The molecule has 1 atom stereocenters. The molecule has 186 valence electrons. The minimum atomic E-state index is -3.51. The number of nitrogens with zero attached hydrogens (tertiary/aromatic N) is 2. The summed E-state index contributed by atoms with van der Waals surface area (Å²) in [7, 11) is -1.97. The van der Waals surface area contributed by atoms with Crippen LogP contribution in [-0.4, -0.2) is 51.0 Å². The lowest BCUT2D eigenvalue weighted by Gasteiger charge is -2.30. The average Bonchev–Trinajstić information content (AvgIpc) is 2.82. The van der Waals surface area contributed by atoms with E-state index in [-0.39, 0.29) is 31.3 Å². The van der Waals surface area contributed by atoms with Crippen molar-refractivity contribution in [2.24, 2.45) is 0 Å². The standard InChI is InChI=1S/C25H34ClN3O4S/c1-5-19-11-15-22(16-12-19)29(34(4,32)33)17-7-8-24(30)28(23(6-2)25(31)27-3)18-20-9-13-21(26)14-10-20/h9-16,23H,5-8,17-18H2,1-4H3,(H,27,31). The number of amides is 2. The van der Waals surface area contributed by atoms with E-state index in [2.05, 4.69) is 5.32 Å². The molecule has 0 fully saturated rings. The number of hydrogen-bond acceptors (Lipinski definition) is 4. The Kier molecular flexibility index (Phi) is 10.4. The molecule has 0 bridgehead atoms. The first-order chi connectivity index (χ1) is 16.1. The first kappa shape index (κ1) is 27.7. The maximum atomic E-state index is 13.2. The molecule has 7 nitrogen and oxygen atoms in total. The largest absolute Gasteiger partial charge is 0.357 e. The second-order valence-corrected chi connectivity index (χ2v) is 10.5. The highest BCUT2D eigenvalue weighted by atomic mass is 35.5. The molecule has 2 aromatic rings. The lowest BCUT2D eigenvalue weighted by molar-refractivity contribution is -0.141. The molecule has 0 aromatic heterocycles. The van der Waals surface area contributed by atoms with Gasteiger partial charge < -0.3 is 10.2 Å². The molecule has 2 rings (SSSR count). The van der Waals surface area contributed by atoms with Gasteiger partial charge >= 0.3 is 0 Å².